The lowest BCUT2D eigenvalue weighted by Crippen LogP contribution is -2.06. The summed E-state index contributed by atoms with van der Waals surface area (Å²) in [6.07, 6.45) is 13.5. The molecule has 1 saturated carbocycles. The van der Waals surface area contributed by atoms with Crippen LogP contribution in [0, 0.1) is 11.3 Å². The van der Waals surface area contributed by atoms with Gasteiger partial charge in [-0.2, -0.15) is 5.26 Å². The van der Waals surface area contributed by atoms with Crippen molar-refractivity contribution in [1.82, 2.24) is 4.98 Å². The molecule has 4 rings (SSSR count). The van der Waals surface area contributed by atoms with Crippen LogP contribution in [-0.2, 0) is 0 Å². The third kappa shape index (κ3) is 3.61. The second-order valence-corrected chi connectivity index (χ2v) is 8.16. The molecule has 3 nitrogen and oxygen atoms in total. The summed E-state index contributed by atoms with van der Waals surface area (Å²) in [4.78, 5) is 5.85. The van der Waals surface area contributed by atoms with Crippen LogP contribution < -0.4 is 4.74 Å². The Labute approximate surface area is 164 Å². The highest BCUT2D eigenvalue weighted by atomic mass is 32.1. The van der Waals surface area contributed by atoms with Gasteiger partial charge in [0.2, 0.25) is 0 Å². The van der Waals surface area contributed by atoms with Crippen LogP contribution in [0.4, 0.5) is 0 Å². The van der Waals surface area contributed by atoms with Gasteiger partial charge in [-0.25, -0.2) is 4.98 Å². The van der Waals surface area contributed by atoms with Crippen LogP contribution >= 0.6 is 11.3 Å². The largest absolute Gasteiger partial charge is 0.490 e. The van der Waals surface area contributed by atoms with Crippen LogP contribution in [0.15, 0.2) is 53.8 Å². The molecule has 4 heteroatoms. The van der Waals surface area contributed by atoms with Crippen molar-refractivity contribution in [3.8, 4) is 22.4 Å². The molecule has 0 atom stereocenters. The van der Waals surface area contributed by atoms with Crippen molar-refractivity contribution in [1.29, 1.82) is 5.26 Å². The van der Waals surface area contributed by atoms with Gasteiger partial charge in [-0.15, -0.1) is 11.3 Å². The Morgan fingerprint density at radius 1 is 1.26 bits per heavy atom. The van der Waals surface area contributed by atoms with Gasteiger partial charge in [0, 0.05) is 11.8 Å². The fourth-order valence-electron chi connectivity index (χ4n) is 3.67. The zero-order chi connectivity index (χ0) is 18.8. The van der Waals surface area contributed by atoms with Gasteiger partial charge in [-0.05, 0) is 74.4 Å². The Morgan fingerprint density at radius 2 is 2.15 bits per heavy atom. The molecule has 27 heavy (non-hydrogen) atoms. The fraction of sp³-hybridized carbons (Fsp3) is 0.304. The number of nitriles is 1. The third-order valence-electron chi connectivity index (χ3n) is 4.85. The zero-order valence-electron chi connectivity index (χ0n) is 15.7. The van der Waals surface area contributed by atoms with Crippen molar-refractivity contribution in [3.05, 3.63) is 64.2 Å². The minimum absolute atomic E-state index is 0.0403. The highest BCUT2D eigenvalue weighted by molar-refractivity contribution is 7.16. The first-order chi connectivity index (χ1) is 13.2. The van der Waals surface area contributed by atoms with E-state index in [-0.39, 0.29) is 6.10 Å². The number of benzene rings is 1. The standard InChI is InChI=1S/C23H22N2OS/c1-15(2)26-21-11-10-17(12-18(21)13-24)23-25-14-22(27-23)20-8-4-3-6-16-7-5-9-19(16)20/h4,6,8,10-12,14-15H,3,5,7,9H2,1-2H3. The first kappa shape index (κ1) is 17.8. The van der Waals surface area contributed by atoms with E-state index in [1.165, 1.54) is 34.4 Å². The Morgan fingerprint density at radius 3 is 2.96 bits per heavy atom. The highest BCUT2D eigenvalue weighted by Gasteiger charge is 2.20. The molecule has 0 amide bonds. The molecule has 0 unspecified atom stereocenters. The van der Waals surface area contributed by atoms with E-state index >= 15 is 0 Å². The number of thiazole rings is 1. The van der Waals surface area contributed by atoms with Crippen LogP contribution in [0.5, 0.6) is 5.75 Å². The molecule has 0 bridgehead atoms. The molecule has 0 spiro atoms. The maximum Gasteiger partial charge on any atom is 0.137 e. The SMILES string of the molecule is CC(C)Oc1ccc(-c2ncc(C3=C4CCCC4=CCC=C3)s2)cc1C#N. The Kier molecular flexibility index (Phi) is 4.96. The highest BCUT2D eigenvalue weighted by Crippen LogP contribution is 2.41. The van der Waals surface area contributed by atoms with Crippen molar-refractivity contribution in [2.24, 2.45) is 0 Å². The summed E-state index contributed by atoms with van der Waals surface area (Å²) in [6, 6.07) is 7.98. The van der Waals surface area contributed by atoms with Crippen LogP contribution in [-0.4, -0.2) is 11.1 Å². The van der Waals surface area contributed by atoms with E-state index in [4.69, 9.17) is 4.74 Å². The minimum Gasteiger partial charge on any atom is -0.490 e. The summed E-state index contributed by atoms with van der Waals surface area (Å²) in [6.45, 7) is 3.92. The molecular formula is C23H22N2OS. The average molecular weight is 375 g/mol. The number of aromatic nitrogens is 1. The molecule has 2 aliphatic carbocycles. The van der Waals surface area contributed by atoms with Crippen LogP contribution in [0.3, 0.4) is 0 Å². The summed E-state index contributed by atoms with van der Waals surface area (Å²) >= 11 is 1.69. The first-order valence-corrected chi connectivity index (χ1v) is 10.2. The van der Waals surface area contributed by atoms with E-state index in [0.717, 1.165) is 23.4 Å². The lowest BCUT2D eigenvalue weighted by atomic mass is 10.0. The van der Waals surface area contributed by atoms with Crippen LogP contribution in [0.2, 0.25) is 0 Å². The third-order valence-corrected chi connectivity index (χ3v) is 5.93. The summed E-state index contributed by atoms with van der Waals surface area (Å²) in [7, 11) is 0. The topological polar surface area (TPSA) is 45.9 Å². The summed E-state index contributed by atoms with van der Waals surface area (Å²) < 4.78 is 5.73. The molecule has 0 radical (unpaired) electrons. The van der Waals surface area contributed by atoms with Gasteiger partial charge in [0.05, 0.1) is 16.5 Å². The predicted octanol–water partition coefficient (Wildman–Crippen LogP) is 6.29. The Balaban J connectivity index is 1.69. The van der Waals surface area contributed by atoms with E-state index in [1.807, 2.05) is 38.2 Å². The smallest absolute Gasteiger partial charge is 0.137 e. The van der Waals surface area contributed by atoms with Crippen LogP contribution in [0.25, 0.3) is 16.1 Å². The van der Waals surface area contributed by atoms with Crippen molar-refractivity contribution in [2.45, 2.75) is 45.6 Å². The predicted molar refractivity (Wildman–Crippen MR) is 111 cm³/mol. The number of ether oxygens (including phenoxy) is 1. The number of nitrogens with zero attached hydrogens (tertiary/aromatic N) is 2. The minimum atomic E-state index is 0.0403. The Hall–Kier alpha value is -2.64. The molecule has 2 aliphatic rings. The lowest BCUT2D eigenvalue weighted by molar-refractivity contribution is 0.242. The number of allylic oxidation sites excluding steroid dienone is 6. The monoisotopic (exact) mass is 374 g/mol. The van der Waals surface area contributed by atoms with E-state index in [0.29, 0.717) is 11.3 Å². The maximum absolute atomic E-state index is 9.48. The van der Waals surface area contributed by atoms with Crippen LogP contribution in [0.1, 0.15) is 50.0 Å². The molecular weight excluding hydrogens is 352 g/mol. The quantitative estimate of drug-likeness (QED) is 0.631. The van der Waals surface area contributed by atoms with E-state index in [2.05, 4.69) is 29.3 Å². The normalized spacial score (nSPS) is 16.1. The van der Waals surface area contributed by atoms with E-state index in [1.54, 1.807) is 11.3 Å². The second kappa shape index (κ2) is 7.54. The number of hydrogen-bond acceptors (Lipinski definition) is 4. The molecule has 2 aromatic rings. The van der Waals surface area contributed by atoms with Crippen molar-refractivity contribution >= 4 is 16.9 Å². The van der Waals surface area contributed by atoms with Gasteiger partial charge in [-0.3, -0.25) is 0 Å². The number of rotatable bonds is 4. The number of hydrogen-bond donors (Lipinski definition) is 0. The lowest BCUT2D eigenvalue weighted by Gasteiger charge is -2.11. The van der Waals surface area contributed by atoms with Gasteiger partial charge in [0.15, 0.2) is 0 Å². The van der Waals surface area contributed by atoms with Gasteiger partial charge >= 0.3 is 0 Å². The molecule has 0 aliphatic heterocycles. The van der Waals surface area contributed by atoms with Crippen molar-refractivity contribution < 1.29 is 4.74 Å². The van der Waals surface area contributed by atoms with Gasteiger partial charge in [0.1, 0.15) is 16.8 Å². The molecule has 0 N–H and O–H groups in total. The Bertz CT molecular complexity index is 1000. The van der Waals surface area contributed by atoms with Gasteiger partial charge < -0.3 is 4.74 Å². The van der Waals surface area contributed by atoms with Crippen molar-refractivity contribution in [2.75, 3.05) is 0 Å². The zero-order valence-corrected chi connectivity index (χ0v) is 16.5. The molecule has 1 fully saturated rings. The number of fused-ring (bicyclic) bond motifs is 1. The van der Waals surface area contributed by atoms with E-state index in [9.17, 15) is 5.26 Å². The maximum atomic E-state index is 9.48. The average Bonchev–Trinajstić information content (AvgIpc) is 3.28. The van der Waals surface area contributed by atoms with Gasteiger partial charge in [-0.1, -0.05) is 18.2 Å². The summed E-state index contributed by atoms with van der Waals surface area (Å²) in [5, 5.41) is 10.4. The van der Waals surface area contributed by atoms with Gasteiger partial charge in [0.25, 0.3) is 0 Å². The molecule has 0 saturated heterocycles. The molecule has 1 aromatic heterocycles. The van der Waals surface area contributed by atoms with E-state index < -0.39 is 0 Å². The summed E-state index contributed by atoms with van der Waals surface area (Å²) in [5.41, 5.74) is 5.82. The summed E-state index contributed by atoms with van der Waals surface area (Å²) in [5.74, 6) is 0.630. The second-order valence-electron chi connectivity index (χ2n) is 7.13. The molecule has 1 aromatic carbocycles. The van der Waals surface area contributed by atoms with Crippen molar-refractivity contribution in [3.63, 3.8) is 0 Å². The molecule has 136 valence electrons. The first-order valence-electron chi connectivity index (χ1n) is 9.42. The fourth-order valence-corrected chi connectivity index (χ4v) is 4.63. The molecule has 1 heterocycles.